The Morgan fingerprint density at radius 2 is 0.562 bits per heavy atom. The SMILES string of the molecule is Sc1ccoc1C1=c2ccc([nH]2)=C(c2occc2S)c2ccc([nH]2)C(c2occc2S)=c2ccc([nH]2)=C(c2occc2S)c2ccc1[nH]2. The van der Waals surface area contributed by atoms with Gasteiger partial charge in [-0.15, -0.1) is 50.5 Å². The normalized spacial score (nSPS) is 13.2. The number of aromatic amines is 4. The van der Waals surface area contributed by atoms with Crippen LogP contribution in [0.15, 0.2) is 135 Å². The Kier molecular flexibility index (Phi) is 6.94. The molecule has 0 unspecified atom stereocenters. The highest BCUT2D eigenvalue weighted by Crippen LogP contribution is 2.33. The summed E-state index contributed by atoms with van der Waals surface area (Å²) in [5.41, 5.74) is 6.35. The minimum Gasteiger partial charge on any atom is -0.463 e. The lowest BCUT2D eigenvalue weighted by molar-refractivity contribution is 0.546. The van der Waals surface area contributed by atoms with Crippen LogP contribution in [0, 0.1) is 0 Å². The quantitative estimate of drug-likeness (QED) is 0.110. The second-order valence-corrected chi connectivity index (χ2v) is 13.1. The van der Waals surface area contributed by atoms with E-state index in [0.717, 1.165) is 66.5 Å². The predicted octanol–water partition coefficient (Wildman–Crippen LogP) is 5.83. The van der Waals surface area contributed by atoms with Gasteiger partial charge >= 0.3 is 0 Å². The summed E-state index contributed by atoms with van der Waals surface area (Å²) < 4.78 is 24.1. The fraction of sp³-hybridized carbons (Fsp3) is 0. The van der Waals surface area contributed by atoms with Gasteiger partial charge in [0.25, 0.3) is 0 Å². The minimum atomic E-state index is 0.606. The van der Waals surface area contributed by atoms with Crippen LogP contribution >= 0.6 is 50.5 Å². The molecule has 1 aliphatic rings. The molecule has 9 rings (SSSR count). The third-order valence-corrected chi connectivity index (χ3v) is 9.79. The lowest BCUT2D eigenvalue weighted by atomic mass is 10.1. The van der Waals surface area contributed by atoms with Crippen molar-refractivity contribution in [2.24, 2.45) is 0 Å². The highest BCUT2D eigenvalue weighted by molar-refractivity contribution is 7.80. The van der Waals surface area contributed by atoms with Crippen LogP contribution in [0.25, 0.3) is 22.3 Å². The van der Waals surface area contributed by atoms with Gasteiger partial charge in [-0.25, -0.2) is 0 Å². The Morgan fingerprint density at radius 1 is 0.312 bits per heavy atom. The van der Waals surface area contributed by atoms with Crippen LogP contribution in [0.2, 0.25) is 0 Å². The van der Waals surface area contributed by atoms with E-state index < -0.39 is 0 Å². The van der Waals surface area contributed by atoms with E-state index in [0.29, 0.717) is 42.6 Å². The van der Waals surface area contributed by atoms with Gasteiger partial charge in [-0.1, -0.05) is 0 Å². The average Bonchev–Trinajstić information content (AvgIpc) is 3.91. The summed E-state index contributed by atoms with van der Waals surface area (Å²) in [5, 5.41) is 3.19. The highest BCUT2D eigenvalue weighted by Gasteiger charge is 2.23. The van der Waals surface area contributed by atoms with Crippen molar-refractivity contribution >= 4 is 72.8 Å². The fourth-order valence-electron chi connectivity index (χ4n) is 6.26. The summed E-state index contributed by atoms with van der Waals surface area (Å²) in [7, 11) is 0. The second kappa shape index (κ2) is 11.4. The van der Waals surface area contributed by atoms with E-state index in [1.807, 2.05) is 72.8 Å². The van der Waals surface area contributed by atoms with Crippen LogP contribution in [0.3, 0.4) is 0 Å². The third kappa shape index (κ3) is 4.66. The van der Waals surface area contributed by atoms with Gasteiger partial charge in [0, 0.05) is 0 Å². The predicted molar refractivity (Wildman–Crippen MR) is 192 cm³/mol. The molecule has 236 valence electrons. The molecular weight excluding hydrogens is 681 g/mol. The lowest BCUT2D eigenvalue weighted by Gasteiger charge is -2.07. The second-order valence-electron chi connectivity index (χ2n) is 11.2. The molecule has 0 fully saturated rings. The zero-order valence-electron chi connectivity index (χ0n) is 24.7. The number of fused-ring (bicyclic) bond motifs is 8. The largest absolute Gasteiger partial charge is 0.463 e. The monoisotopic (exact) mass is 704 g/mol. The van der Waals surface area contributed by atoms with Gasteiger partial charge in [0.15, 0.2) is 23.0 Å². The Balaban J connectivity index is 1.46. The van der Waals surface area contributed by atoms with Crippen molar-refractivity contribution in [2.45, 2.75) is 19.6 Å². The van der Waals surface area contributed by atoms with E-state index in [1.54, 1.807) is 25.1 Å². The van der Waals surface area contributed by atoms with E-state index >= 15 is 0 Å². The molecule has 8 aromatic heterocycles. The zero-order valence-corrected chi connectivity index (χ0v) is 28.2. The Bertz CT molecular complexity index is 2390. The van der Waals surface area contributed by atoms with Gasteiger partial charge < -0.3 is 37.6 Å². The molecule has 0 amide bonds. The van der Waals surface area contributed by atoms with E-state index in [-0.39, 0.29) is 0 Å². The van der Waals surface area contributed by atoms with Gasteiger partial charge in [0.05, 0.1) is 111 Å². The van der Waals surface area contributed by atoms with E-state index in [1.165, 1.54) is 0 Å². The maximum absolute atomic E-state index is 6.02. The van der Waals surface area contributed by atoms with Crippen LogP contribution < -0.4 is 21.4 Å². The van der Waals surface area contributed by atoms with Crippen molar-refractivity contribution < 1.29 is 17.7 Å². The third-order valence-electron chi connectivity index (χ3n) is 8.38. The van der Waals surface area contributed by atoms with Crippen LogP contribution in [0.5, 0.6) is 0 Å². The fourth-order valence-corrected chi connectivity index (χ4v) is 7.17. The summed E-state index contributed by atoms with van der Waals surface area (Å²) in [6, 6.07) is 23.4. The summed E-state index contributed by atoms with van der Waals surface area (Å²) in [6.45, 7) is 0. The number of thiol groups is 4. The van der Waals surface area contributed by atoms with Gasteiger partial charge in [0.2, 0.25) is 0 Å². The number of furan rings is 4. The molecule has 48 heavy (non-hydrogen) atoms. The average molecular weight is 705 g/mol. The van der Waals surface area contributed by atoms with Gasteiger partial charge in [-0.3, -0.25) is 0 Å². The van der Waals surface area contributed by atoms with E-state index in [4.69, 9.17) is 68.2 Å². The zero-order chi connectivity index (χ0) is 32.5. The van der Waals surface area contributed by atoms with Crippen LogP contribution in [0.4, 0.5) is 0 Å². The molecule has 0 radical (unpaired) electrons. The number of nitrogens with one attached hydrogen (secondary N) is 4. The molecule has 0 atom stereocenters. The molecule has 1 aliphatic heterocycles. The first-order valence-electron chi connectivity index (χ1n) is 14.8. The lowest BCUT2D eigenvalue weighted by Crippen LogP contribution is -2.19. The van der Waals surface area contributed by atoms with Crippen molar-refractivity contribution in [1.29, 1.82) is 0 Å². The molecule has 0 spiro atoms. The first-order valence-corrected chi connectivity index (χ1v) is 16.6. The van der Waals surface area contributed by atoms with Crippen LogP contribution in [0.1, 0.15) is 45.8 Å². The molecule has 0 aliphatic carbocycles. The standard InChI is InChI=1S/C36H24N4O4S4/c45-25-9-13-41-33(25)29-17-1-2-18(37-17)30(34-26(46)10-14-42-34)20-5-6-22(39-20)32(36-28(48)12-16-44-36)24-8-7-23(40-24)31(21-4-3-19(29)38-21)35-27(47)11-15-43-35/h1-16,37-40,45-48H. The number of aromatic nitrogens is 4. The Labute approximate surface area is 293 Å². The molecule has 0 aromatic carbocycles. The molecule has 8 bridgehead atoms. The number of hydrogen-bond acceptors (Lipinski definition) is 8. The maximum atomic E-state index is 6.02. The van der Waals surface area contributed by atoms with Crippen molar-refractivity contribution in [3.63, 3.8) is 0 Å². The van der Waals surface area contributed by atoms with Crippen LogP contribution in [-0.2, 0) is 0 Å². The molecule has 12 heteroatoms. The molecular formula is C36H24N4O4S4. The molecule has 0 saturated heterocycles. The van der Waals surface area contributed by atoms with E-state index in [2.05, 4.69) is 19.9 Å². The smallest absolute Gasteiger partial charge is 0.151 e. The summed E-state index contributed by atoms with van der Waals surface area (Å²) in [6.07, 6.45) is 6.51. The molecule has 8 nitrogen and oxygen atoms in total. The first-order chi connectivity index (χ1) is 23.4. The first kappa shape index (κ1) is 29.3. The topological polar surface area (TPSA) is 116 Å². The van der Waals surface area contributed by atoms with Gasteiger partial charge in [-0.2, -0.15) is 0 Å². The number of hydrogen-bond donors (Lipinski definition) is 8. The van der Waals surface area contributed by atoms with Gasteiger partial charge in [0.1, 0.15) is 0 Å². The van der Waals surface area contributed by atoms with Crippen molar-refractivity contribution in [3.8, 4) is 0 Å². The van der Waals surface area contributed by atoms with Crippen molar-refractivity contribution in [3.05, 3.63) is 165 Å². The molecule has 9 heterocycles. The van der Waals surface area contributed by atoms with E-state index in [9.17, 15) is 0 Å². The molecule has 8 aromatic rings. The number of rotatable bonds is 4. The Hall–Kier alpha value is -4.88. The molecule has 0 saturated carbocycles. The van der Waals surface area contributed by atoms with Crippen LogP contribution in [-0.4, -0.2) is 19.9 Å². The van der Waals surface area contributed by atoms with Gasteiger partial charge in [-0.05, 0) is 72.8 Å². The number of H-pyrrole nitrogens is 4. The maximum Gasteiger partial charge on any atom is 0.151 e. The summed E-state index contributed by atoms with van der Waals surface area (Å²) in [4.78, 5) is 17.3. The minimum absolute atomic E-state index is 0.606. The summed E-state index contributed by atoms with van der Waals surface area (Å²) >= 11 is 18.9. The summed E-state index contributed by atoms with van der Waals surface area (Å²) in [5.74, 6) is 2.42. The van der Waals surface area contributed by atoms with Crippen molar-refractivity contribution in [1.82, 2.24) is 19.9 Å². The molecule has 4 N–H and O–H groups in total. The Morgan fingerprint density at radius 3 is 0.771 bits per heavy atom. The van der Waals surface area contributed by atoms with Crippen molar-refractivity contribution in [2.75, 3.05) is 0 Å². The highest BCUT2D eigenvalue weighted by atomic mass is 32.1.